The van der Waals surface area contributed by atoms with Crippen LogP contribution in [0.5, 0.6) is 11.5 Å². The van der Waals surface area contributed by atoms with Gasteiger partial charge in [0.1, 0.15) is 56.6 Å². The zero-order chi connectivity index (χ0) is 95.4. The number of para-hydroxylation sites is 7. The van der Waals surface area contributed by atoms with E-state index in [1.807, 2.05) is 165 Å². The second-order valence-electron chi connectivity index (χ2n) is 34.3. The molecule has 1 fully saturated rings. The molecule has 7 heterocycles. The Morgan fingerprint density at radius 1 is 0.338 bits per heavy atom. The predicted octanol–water partition coefficient (Wildman–Crippen LogP) is 29.6. The summed E-state index contributed by atoms with van der Waals surface area (Å²) in [5, 5.41) is 9.11. The molecule has 0 aliphatic heterocycles. The van der Waals surface area contributed by atoms with Crippen LogP contribution in [0.4, 0.5) is 22.0 Å². The van der Waals surface area contributed by atoms with Crippen LogP contribution >= 0.6 is 11.3 Å². The van der Waals surface area contributed by atoms with Crippen LogP contribution in [0, 0.1) is 24.5 Å². The number of hydrogen-bond acceptors (Lipinski definition) is 15. The molecule has 0 unspecified atom stereocenters. The van der Waals surface area contributed by atoms with Crippen LogP contribution < -0.4 is 9.47 Å². The van der Waals surface area contributed by atoms with Gasteiger partial charge in [-0.25, -0.2) is 8.78 Å². The molecule has 17 aromatic rings. The summed E-state index contributed by atoms with van der Waals surface area (Å²) in [7, 11) is 15.7. The minimum Gasteiger partial charge on any atom is -0.497 e. The van der Waals surface area contributed by atoms with Gasteiger partial charge in [0.25, 0.3) is 0 Å². The van der Waals surface area contributed by atoms with Gasteiger partial charge in [-0.05, 0) is 163 Å². The Hall–Kier alpha value is -13.4. The average molecular weight is 1850 g/mol. The highest BCUT2D eigenvalue weighted by Crippen LogP contribution is 2.34. The lowest BCUT2D eigenvalue weighted by Gasteiger charge is -2.18. The van der Waals surface area contributed by atoms with Crippen molar-refractivity contribution in [1.29, 1.82) is 0 Å². The van der Waals surface area contributed by atoms with E-state index in [1.165, 1.54) is 111 Å². The Bertz CT molecular complexity index is 6740. The van der Waals surface area contributed by atoms with Gasteiger partial charge in [-0.15, -0.1) is 11.3 Å². The molecule has 0 saturated heterocycles. The first-order valence-corrected chi connectivity index (χ1v) is 46.8. The number of nitrogens with zero attached hydrogens (tertiary/aromatic N) is 6. The average Bonchev–Trinajstić information content (AvgIpc) is 1.66. The van der Waals surface area contributed by atoms with Crippen molar-refractivity contribution in [1.82, 2.24) is 29.4 Å². The van der Waals surface area contributed by atoms with Gasteiger partial charge in [0, 0.05) is 172 Å². The molecule has 18 rings (SSSR count). The van der Waals surface area contributed by atoms with E-state index in [1.54, 1.807) is 55.3 Å². The molecule has 20 heteroatoms. The first-order valence-electron chi connectivity index (χ1n) is 45.9. The van der Waals surface area contributed by atoms with E-state index < -0.39 is 17.6 Å². The first-order chi connectivity index (χ1) is 66.2. The van der Waals surface area contributed by atoms with Crippen molar-refractivity contribution >= 4 is 108 Å². The topological polar surface area (TPSA) is 117 Å². The monoisotopic (exact) mass is 1850 g/mol. The van der Waals surface area contributed by atoms with Crippen LogP contribution in [-0.2, 0) is 45.4 Å². The molecule has 0 radical (unpaired) electrons. The SMILES string of the molecule is CN(C/C=C/C1CCCCC1)Cc1coc2ccccc12.CN(C/C=C/c1ccc(C(F)(F)F)cc1F)Cc1coc2ccccc12.CN(C/C=C/c1cccs1)Cc1coc2ccccc12.COc1ccc(/C=C/CN(C)Cc2coc3ccccc23)c(F)c1.COc1ccccc1/C=C/CN(C)Cc1coc2ccccc12.Cc1ccccc1/C=C/CN(C)Cc1coc2ccccc12. The van der Waals surface area contributed by atoms with E-state index in [4.69, 9.17) is 36.0 Å². The van der Waals surface area contributed by atoms with E-state index >= 15 is 0 Å². The number of rotatable bonds is 32. The number of aryl methyl sites for hydroxylation is 1. The van der Waals surface area contributed by atoms with Crippen LogP contribution in [0.3, 0.4) is 0 Å². The number of alkyl halides is 3. The fourth-order valence-corrected chi connectivity index (χ4v) is 16.8. The lowest BCUT2D eigenvalue weighted by Crippen LogP contribution is -2.17. The van der Waals surface area contributed by atoms with E-state index in [9.17, 15) is 22.0 Å². The summed E-state index contributed by atoms with van der Waals surface area (Å²) in [4.78, 5) is 14.6. The summed E-state index contributed by atoms with van der Waals surface area (Å²) in [6.45, 7) is 12.0. The number of methoxy groups -OCH3 is 2. The minimum atomic E-state index is -4.54. The zero-order valence-corrected chi connectivity index (χ0v) is 79.7. The van der Waals surface area contributed by atoms with Crippen LogP contribution in [0.15, 0.2) is 355 Å². The maximum Gasteiger partial charge on any atom is 0.416 e. The van der Waals surface area contributed by atoms with Crippen molar-refractivity contribution in [3.63, 3.8) is 0 Å². The van der Waals surface area contributed by atoms with Crippen molar-refractivity contribution in [2.75, 3.05) is 95.8 Å². The maximum absolute atomic E-state index is 13.9. The van der Waals surface area contributed by atoms with Gasteiger partial charge in [0.2, 0.25) is 0 Å². The molecule has 0 amide bonds. The normalized spacial score (nSPS) is 12.7. The minimum absolute atomic E-state index is 0.125. The largest absolute Gasteiger partial charge is 0.497 e. The molecule has 1 aliphatic carbocycles. The van der Waals surface area contributed by atoms with Crippen molar-refractivity contribution in [3.8, 4) is 11.5 Å². The Morgan fingerprint density at radius 2 is 0.662 bits per heavy atom. The van der Waals surface area contributed by atoms with Gasteiger partial charge in [-0.2, -0.15) is 13.2 Å². The summed E-state index contributed by atoms with van der Waals surface area (Å²) < 4.78 is 109. The molecule has 0 spiro atoms. The standard InChI is InChI=1S/C20H17F4NO.C20H20FNO2.C20H21NO2.C20H21NO.C19H25NO.C17H17NOS/c1-25(12-15-13-26-19-7-3-2-6-17(15)19)10-4-5-14-8-9-16(11-18(14)21)20(22,23)24;1-22(13-16-14-24-20-8-4-3-7-18(16)20)11-5-6-15-9-10-17(23-2)12-19(15)21;1-21(13-7-9-16-8-3-5-11-19(16)22-2)14-17-15-23-20-12-6-4-10-18(17)20;1-16-8-3-4-9-17(16)10-7-13-21(2)14-18-15-22-20-12-6-5-11-19(18)20;1-20(13-7-10-16-8-3-2-4-9-16)14-17-15-21-19-12-6-5-11-18(17)19;1-18(10-4-6-15-7-5-11-20-15)12-14-13-19-17-9-3-2-8-16(14)17/h2-9,11,13H,10,12H2,1H3;3-10,12,14H,11,13H2,1-2H3;3-12,15H,13-14H2,1-2H3;3-12,15H,13-14H2,1-2H3;5-7,10-12,15-16H,2-4,8-9,13-14H2,1H3;2-9,11,13H,10,12H2,1H3/b5-4+;6-5+;9-7+;2*10-7+;6-4+. The van der Waals surface area contributed by atoms with Crippen molar-refractivity contribution in [2.45, 2.75) is 84.5 Å². The van der Waals surface area contributed by atoms with Crippen LogP contribution in [-0.4, -0.2) is 125 Å². The summed E-state index contributed by atoms with van der Waals surface area (Å²) in [5.74, 6) is 1.07. The van der Waals surface area contributed by atoms with Gasteiger partial charge in [-0.3, -0.25) is 29.4 Å². The number of thiophene rings is 1. The molecule has 136 heavy (non-hydrogen) atoms. The van der Waals surface area contributed by atoms with Gasteiger partial charge >= 0.3 is 6.18 Å². The molecule has 0 N–H and O–H groups in total. The maximum atomic E-state index is 13.9. The van der Waals surface area contributed by atoms with E-state index in [2.05, 4.69) is 205 Å². The molecule has 10 aromatic carbocycles. The third-order valence-electron chi connectivity index (χ3n) is 23.4. The van der Waals surface area contributed by atoms with E-state index in [0.29, 0.717) is 37.0 Å². The van der Waals surface area contributed by atoms with Crippen molar-refractivity contribution in [2.24, 2.45) is 5.92 Å². The Morgan fingerprint density at radius 3 is 1.01 bits per heavy atom. The van der Waals surface area contributed by atoms with Crippen LogP contribution in [0.1, 0.15) is 104 Å². The number of ether oxygens (including phenoxy) is 2. The van der Waals surface area contributed by atoms with Gasteiger partial charge in [-0.1, -0.05) is 250 Å². The number of fused-ring (bicyclic) bond motifs is 6. The first kappa shape index (κ1) is 100. The Balaban J connectivity index is 0.000000138. The van der Waals surface area contributed by atoms with Crippen LogP contribution in [0.2, 0.25) is 0 Å². The molecule has 704 valence electrons. The quantitative estimate of drug-likeness (QED) is 0.0294. The second-order valence-corrected chi connectivity index (χ2v) is 35.3. The highest BCUT2D eigenvalue weighted by atomic mass is 32.1. The lowest BCUT2D eigenvalue weighted by molar-refractivity contribution is -0.137. The highest BCUT2D eigenvalue weighted by Gasteiger charge is 2.31. The Kier molecular flexibility index (Phi) is 37.8. The fourth-order valence-electron chi connectivity index (χ4n) is 16.2. The predicted molar refractivity (Wildman–Crippen MR) is 549 cm³/mol. The number of hydrogen-bond donors (Lipinski definition) is 0. The molecule has 7 aromatic heterocycles. The smallest absolute Gasteiger partial charge is 0.416 e. The fraction of sp³-hybridized carbons (Fsp3) is 0.241. The molecular weight excluding hydrogens is 1730 g/mol. The summed E-state index contributed by atoms with van der Waals surface area (Å²) in [5.41, 5.74) is 16.1. The third kappa shape index (κ3) is 30.0. The van der Waals surface area contributed by atoms with E-state index in [-0.39, 0.29) is 11.4 Å². The van der Waals surface area contributed by atoms with Gasteiger partial charge in [0.15, 0.2) is 0 Å². The number of furan rings is 6. The lowest BCUT2D eigenvalue weighted by atomic mass is 9.89. The van der Waals surface area contributed by atoms with Crippen molar-refractivity contribution < 1.29 is 57.9 Å². The van der Waals surface area contributed by atoms with Crippen molar-refractivity contribution in [3.05, 3.63) is 411 Å². The molecule has 1 aliphatic rings. The Labute approximate surface area is 799 Å². The molecule has 1 saturated carbocycles. The summed E-state index contributed by atoms with van der Waals surface area (Å²) >= 11 is 1.76. The summed E-state index contributed by atoms with van der Waals surface area (Å²) in [6, 6.07) is 76.5. The number of allylic oxidation sites excluding steroid dienone is 1. The molecule has 14 nitrogen and oxygen atoms in total. The van der Waals surface area contributed by atoms with E-state index in [0.717, 1.165) is 144 Å². The number of benzene rings is 10. The molecular formula is C116H121F5N6O8S. The summed E-state index contributed by atoms with van der Waals surface area (Å²) in [6.07, 6.45) is 38.2. The van der Waals surface area contributed by atoms with Gasteiger partial charge < -0.3 is 36.0 Å². The van der Waals surface area contributed by atoms with Crippen LogP contribution in [0.25, 0.3) is 96.2 Å². The molecule has 0 bridgehead atoms. The zero-order valence-electron chi connectivity index (χ0n) is 78.9. The second kappa shape index (κ2) is 51.3. The number of halogens is 5. The van der Waals surface area contributed by atoms with Gasteiger partial charge in [0.05, 0.1) is 57.4 Å². The highest BCUT2D eigenvalue weighted by molar-refractivity contribution is 7.10. The third-order valence-corrected chi connectivity index (χ3v) is 24.3. The molecule has 0 atom stereocenters. The number of likely N-dealkylation sites (N-methyl/N-ethyl adjacent to an activating group) is 6.